The molecule has 25 heavy (non-hydrogen) atoms. The summed E-state index contributed by atoms with van der Waals surface area (Å²) in [5, 5.41) is 16.6. The molecule has 1 amide bonds. The van der Waals surface area contributed by atoms with Crippen molar-refractivity contribution in [2.45, 2.75) is 39.2 Å². The van der Waals surface area contributed by atoms with Crippen LogP contribution in [0.1, 0.15) is 45.0 Å². The molecule has 1 aromatic heterocycles. The number of nitriles is 1. The molecule has 1 aliphatic carbocycles. The first kappa shape index (κ1) is 16.3. The van der Waals surface area contributed by atoms with Gasteiger partial charge in [-0.05, 0) is 61.4 Å². The van der Waals surface area contributed by atoms with E-state index in [0.29, 0.717) is 11.5 Å². The Hall–Kier alpha value is -2.16. The average Bonchev–Trinajstić information content (AvgIpc) is 3.32. The van der Waals surface area contributed by atoms with Gasteiger partial charge in [0.1, 0.15) is 11.1 Å². The SMILES string of the molecule is Cc1cccc(C2CC2C(=O)Nc2sc3c(c2C#N)CCNC3)c1C. The van der Waals surface area contributed by atoms with Crippen LogP contribution in [0.4, 0.5) is 5.00 Å². The minimum atomic E-state index is 0.0179. The molecule has 0 saturated heterocycles. The van der Waals surface area contributed by atoms with Gasteiger partial charge in [0, 0.05) is 17.3 Å². The molecule has 4 nitrogen and oxygen atoms in total. The maximum atomic E-state index is 12.7. The van der Waals surface area contributed by atoms with Crippen LogP contribution in [-0.2, 0) is 17.8 Å². The van der Waals surface area contributed by atoms with Gasteiger partial charge >= 0.3 is 0 Å². The Bertz CT molecular complexity index is 893. The van der Waals surface area contributed by atoms with E-state index in [2.05, 4.69) is 48.7 Å². The minimum Gasteiger partial charge on any atom is -0.316 e. The van der Waals surface area contributed by atoms with Crippen LogP contribution in [0.5, 0.6) is 0 Å². The fraction of sp³-hybridized carbons (Fsp3) is 0.400. The number of amides is 1. The van der Waals surface area contributed by atoms with Crippen molar-refractivity contribution >= 4 is 22.2 Å². The summed E-state index contributed by atoms with van der Waals surface area (Å²) in [6, 6.07) is 8.61. The summed E-state index contributed by atoms with van der Waals surface area (Å²) in [5.74, 6) is 0.375. The van der Waals surface area contributed by atoms with Crippen LogP contribution in [0, 0.1) is 31.1 Å². The maximum Gasteiger partial charge on any atom is 0.228 e. The summed E-state index contributed by atoms with van der Waals surface area (Å²) >= 11 is 1.55. The van der Waals surface area contributed by atoms with Crippen LogP contribution >= 0.6 is 11.3 Å². The van der Waals surface area contributed by atoms with Gasteiger partial charge in [-0.1, -0.05) is 18.2 Å². The molecule has 5 heteroatoms. The number of nitrogens with zero attached hydrogens (tertiary/aromatic N) is 1. The molecule has 2 unspecified atom stereocenters. The number of fused-ring (bicyclic) bond motifs is 1. The van der Waals surface area contributed by atoms with E-state index in [1.54, 1.807) is 11.3 Å². The number of benzene rings is 1. The van der Waals surface area contributed by atoms with Crippen LogP contribution in [0.25, 0.3) is 0 Å². The Morgan fingerprint density at radius 1 is 1.40 bits per heavy atom. The number of anilines is 1. The fourth-order valence-electron chi connectivity index (χ4n) is 3.75. The molecular weight excluding hydrogens is 330 g/mol. The summed E-state index contributed by atoms with van der Waals surface area (Å²) in [4.78, 5) is 13.9. The predicted molar refractivity (Wildman–Crippen MR) is 99.8 cm³/mol. The highest BCUT2D eigenvalue weighted by molar-refractivity contribution is 7.16. The van der Waals surface area contributed by atoms with Gasteiger partial charge in [-0.15, -0.1) is 11.3 Å². The van der Waals surface area contributed by atoms with E-state index in [4.69, 9.17) is 0 Å². The van der Waals surface area contributed by atoms with E-state index >= 15 is 0 Å². The molecule has 2 heterocycles. The second-order valence-corrected chi connectivity index (χ2v) is 8.08. The maximum absolute atomic E-state index is 12.7. The lowest BCUT2D eigenvalue weighted by atomic mass is 9.99. The fourth-order valence-corrected chi connectivity index (χ4v) is 4.92. The van der Waals surface area contributed by atoms with Crippen molar-refractivity contribution in [2.24, 2.45) is 5.92 Å². The molecule has 128 valence electrons. The Morgan fingerprint density at radius 3 is 3.04 bits per heavy atom. The zero-order valence-electron chi connectivity index (χ0n) is 14.5. The Kier molecular flexibility index (Phi) is 4.10. The van der Waals surface area contributed by atoms with Gasteiger partial charge in [0.25, 0.3) is 0 Å². The summed E-state index contributed by atoms with van der Waals surface area (Å²) in [7, 11) is 0. The van der Waals surface area contributed by atoms with Gasteiger partial charge < -0.3 is 10.6 Å². The molecule has 1 aromatic carbocycles. The number of nitrogens with one attached hydrogen (secondary N) is 2. The molecule has 1 aliphatic heterocycles. The zero-order valence-corrected chi connectivity index (χ0v) is 15.3. The first-order valence-electron chi connectivity index (χ1n) is 8.72. The third kappa shape index (κ3) is 2.86. The van der Waals surface area contributed by atoms with Crippen LogP contribution < -0.4 is 10.6 Å². The topological polar surface area (TPSA) is 64.9 Å². The number of carbonyl (C=O) groups is 1. The van der Waals surface area contributed by atoms with Crippen LogP contribution in [0.3, 0.4) is 0 Å². The van der Waals surface area contributed by atoms with E-state index in [9.17, 15) is 10.1 Å². The van der Waals surface area contributed by atoms with Gasteiger partial charge in [-0.25, -0.2) is 0 Å². The summed E-state index contributed by atoms with van der Waals surface area (Å²) in [6.07, 6.45) is 1.75. The number of aryl methyl sites for hydroxylation is 1. The smallest absolute Gasteiger partial charge is 0.228 e. The lowest BCUT2D eigenvalue weighted by molar-refractivity contribution is -0.117. The Balaban J connectivity index is 1.52. The molecule has 2 aliphatic rings. The lowest BCUT2D eigenvalue weighted by Crippen LogP contribution is -2.22. The van der Waals surface area contributed by atoms with E-state index in [-0.39, 0.29) is 11.8 Å². The van der Waals surface area contributed by atoms with Gasteiger partial charge in [0.2, 0.25) is 5.91 Å². The van der Waals surface area contributed by atoms with Crippen molar-refractivity contribution in [3.63, 3.8) is 0 Å². The lowest BCUT2D eigenvalue weighted by Gasteiger charge is -2.11. The molecule has 1 saturated carbocycles. The van der Waals surface area contributed by atoms with Crippen molar-refractivity contribution in [3.8, 4) is 6.07 Å². The second kappa shape index (κ2) is 6.29. The summed E-state index contributed by atoms with van der Waals surface area (Å²) < 4.78 is 0. The first-order chi connectivity index (χ1) is 12.1. The number of hydrogen-bond donors (Lipinski definition) is 2. The Labute approximate surface area is 151 Å². The highest BCUT2D eigenvalue weighted by Crippen LogP contribution is 2.49. The predicted octanol–water partition coefficient (Wildman–Crippen LogP) is 3.62. The highest BCUT2D eigenvalue weighted by Gasteiger charge is 2.45. The molecule has 2 aromatic rings. The Morgan fingerprint density at radius 2 is 2.24 bits per heavy atom. The molecule has 0 spiro atoms. The number of thiophene rings is 1. The average molecular weight is 351 g/mol. The summed E-state index contributed by atoms with van der Waals surface area (Å²) in [6.45, 7) is 5.92. The van der Waals surface area contributed by atoms with E-state index in [1.165, 1.54) is 21.6 Å². The second-order valence-electron chi connectivity index (χ2n) is 6.97. The third-order valence-corrected chi connectivity index (χ3v) is 6.60. The van der Waals surface area contributed by atoms with E-state index in [1.807, 2.05) is 0 Å². The number of carbonyl (C=O) groups excluding carboxylic acids is 1. The van der Waals surface area contributed by atoms with Gasteiger partial charge in [0.05, 0.1) is 5.56 Å². The van der Waals surface area contributed by atoms with Crippen molar-refractivity contribution in [1.29, 1.82) is 5.26 Å². The normalized spacial score (nSPS) is 21.3. The van der Waals surface area contributed by atoms with Crippen molar-refractivity contribution < 1.29 is 4.79 Å². The molecule has 0 bridgehead atoms. The molecule has 0 radical (unpaired) electrons. The monoisotopic (exact) mass is 351 g/mol. The molecule has 4 rings (SSSR count). The largest absolute Gasteiger partial charge is 0.316 e. The van der Waals surface area contributed by atoms with Crippen molar-refractivity contribution in [2.75, 3.05) is 11.9 Å². The van der Waals surface area contributed by atoms with Gasteiger partial charge in [-0.3, -0.25) is 4.79 Å². The highest BCUT2D eigenvalue weighted by atomic mass is 32.1. The van der Waals surface area contributed by atoms with Crippen LogP contribution in [0.15, 0.2) is 18.2 Å². The van der Waals surface area contributed by atoms with Crippen LogP contribution in [-0.4, -0.2) is 12.5 Å². The number of rotatable bonds is 3. The van der Waals surface area contributed by atoms with Gasteiger partial charge in [0.15, 0.2) is 0 Å². The minimum absolute atomic E-state index is 0.0179. The van der Waals surface area contributed by atoms with Gasteiger partial charge in [-0.2, -0.15) is 5.26 Å². The first-order valence-corrected chi connectivity index (χ1v) is 9.54. The molecule has 2 atom stereocenters. The quantitative estimate of drug-likeness (QED) is 0.887. The zero-order chi connectivity index (χ0) is 17.6. The van der Waals surface area contributed by atoms with Crippen molar-refractivity contribution in [3.05, 3.63) is 50.9 Å². The van der Waals surface area contributed by atoms with Crippen LogP contribution in [0.2, 0.25) is 0 Å². The number of hydrogen-bond acceptors (Lipinski definition) is 4. The summed E-state index contributed by atoms with van der Waals surface area (Å²) in [5.41, 5.74) is 5.63. The standard InChI is InChI=1S/C20H21N3OS/c1-11-4-3-5-13(12(11)2)15-8-16(15)19(24)23-20-17(9-21)14-6-7-22-10-18(14)25-20/h3-5,15-16,22H,6-8,10H2,1-2H3,(H,23,24). The van der Waals surface area contributed by atoms with E-state index < -0.39 is 0 Å². The third-order valence-electron chi connectivity index (χ3n) is 5.45. The molecule has 1 fully saturated rings. The van der Waals surface area contributed by atoms with Crippen molar-refractivity contribution in [1.82, 2.24) is 5.32 Å². The molecular formula is C20H21N3OS. The molecule has 2 N–H and O–H groups in total. The van der Waals surface area contributed by atoms with E-state index in [0.717, 1.165) is 36.5 Å².